The maximum absolute atomic E-state index is 11.6. The van der Waals surface area contributed by atoms with Gasteiger partial charge < -0.3 is 5.32 Å². The summed E-state index contributed by atoms with van der Waals surface area (Å²) in [5.74, 6) is 0. The lowest BCUT2D eigenvalue weighted by Gasteiger charge is -2.23. The number of hydrogen-bond donors (Lipinski definition) is 3. The first-order valence-electron chi connectivity index (χ1n) is 6.22. The predicted octanol–water partition coefficient (Wildman–Crippen LogP) is 2.65. The summed E-state index contributed by atoms with van der Waals surface area (Å²) in [5.41, 5.74) is 6.58. The Morgan fingerprint density at radius 2 is 1.76 bits per heavy atom. The Kier molecular flexibility index (Phi) is 4.38. The molecule has 0 spiro atoms. The zero-order valence-corrected chi connectivity index (χ0v) is 9.91. The van der Waals surface area contributed by atoms with E-state index in [4.69, 9.17) is 0 Å². The predicted molar refractivity (Wildman–Crippen MR) is 68.6 cm³/mol. The molecule has 0 unspecified atom stereocenters. The minimum absolute atomic E-state index is 0.207. The number of amides is 2. The van der Waals surface area contributed by atoms with Gasteiger partial charge in [-0.1, -0.05) is 37.5 Å². The number of nitrogens with one attached hydrogen (secondary N) is 3. The fraction of sp³-hybridized carbons (Fsp3) is 0.462. The van der Waals surface area contributed by atoms with Crippen molar-refractivity contribution < 1.29 is 4.79 Å². The Balaban J connectivity index is 1.70. The van der Waals surface area contributed by atoms with Crippen LogP contribution in [-0.2, 0) is 0 Å². The smallest absolute Gasteiger partial charge is 0.307 e. The van der Waals surface area contributed by atoms with E-state index in [-0.39, 0.29) is 6.03 Å². The molecule has 0 aliphatic heterocycles. The summed E-state index contributed by atoms with van der Waals surface area (Å²) in [5, 5.41) is 2.77. The highest BCUT2D eigenvalue weighted by Crippen LogP contribution is 2.16. The number of rotatable bonds is 3. The number of carbonyl (C=O) groups is 1. The molecular formula is C13H19N3O. The van der Waals surface area contributed by atoms with Crippen LogP contribution in [0.1, 0.15) is 32.1 Å². The summed E-state index contributed by atoms with van der Waals surface area (Å²) in [6, 6.07) is 9.64. The van der Waals surface area contributed by atoms with Gasteiger partial charge in [-0.3, -0.25) is 5.43 Å². The lowest BCUT2D eigenvalue weighted by Crippen LogP contribution is -2.46. The molecule has 4 nitrogen and oxygen atoms in total. The fourth-order valence-electron chi connectivity index (χ4n) is 2.10. The zero-order valence-electron chi connectivity index (χ0n) is 9.91. The Morgan fingerprint density at radius 3 is 2.47 bits per heavy atom. The van der Waals surface area contributed by atoms with Crippen molar-refractivity contribution >= 4 is 11.7 Å². The number of benzene rings is 1. The molecule has 1 aromatic carbocycles. The summed E-state index contributed by atoms with van der Waals surface area (Å²) in [4.78, 5) is 11.6. The van der Waals surface area contributed by atoms with E-state index in [1.807, 2.05) is 30.3 Å². The lowest BCUT2D eigenvalue weighted by molar-refractivity contribution is 0.241. The molecule has 92 valence electrons. The Labute approximate surface area is 102 Å². The second-order valence-corrected chi connectivity index (χ2v) is 4.42. The van der Waals surface area contributed by atoms with Gasteiger partial charge in [0.1, 0.15) is 0 Å². The van der Waals surface area contributed by atoms with Gasteiger partial charge in [0, 0.05) is 11.7 Å². The molecule has 0 heterocycles. The Hall–Kier alpha value is -1.55. The van der Waals surface area contributed by atoms with E-state index in [1.54, 1.807) is 0 Å². The number of hydrazine groups is 1. The number of carbonyl (C=O) groups excluding carboxylic acids is 1. The molecule has 1 fully saturated rings. The van der Waals surface area contributed by atoms with Gasteiger partial charge in [0.05, 0.1) is 0 Å². The molecule has 1 aromatic rings. The Morgan fingerprint density at radius 1 is 1.06 bits per heavy atom. The molecule has 0 atom stereocenters. The molecule has 1 saturated carbocycles. The van der Waals surface area contributed by atoms with Crippen LogP contribution >= 0.6 is 0 Å². The molecule has 4 heteroatoms. The molecule has 1 aliphatic rings. The first kappa shape index (κ1) is 11.9. The third-order valence-corrected chi connectivity index (χ3v) is 3.03. The molecule has 2 rings (SSSR count). The summed E-state index contributed by atoms with van der Waals surface area (Å²) in [6.45, 7) is 0. The van der Waals surface area contributed by atoms with Gasteiger partial charge in [0.15, 0.2) is 0 Å². The highest BCUT2D eigenvalue weighted by atomic mass is 16.2. The highest BCUT2D eigenvalue weighted by Gasteiger charge is 2.13. The normalized spacial score (nSPS) is 16.5. The molecule has 0 bridgehead atoms. The summed E-state index contributed by atoms with van der Waals surface area (Å²) < 4.78 is 0. The fourth-order valence-corrected chi connectivity index (χ4v) is 2.10. The number of anilines is 1. The molecule has 0 radical (unpaired) electrons. The molecule has 17 heavy (non-hydrogen) atoms. The SMILES string of the molecule is O=C(NNC1CCCCC1)Nc1ccccc1. The largest absolute Gasteiger partial charge is 0.333 e. The van der Waals surface area contributed by atoms with Crippen molar-refractivity contribution in [2.45, 2.75) is 38.1 Å². The van der Waals surface area contributed by atoms with Crippen LogP contribution in [-0.4, -0.2) is 12.1 Å². The van der Waals surface area contributed by atoms with E-state index < -0.39 is 0 Å². The number of urea groups is 1. The van der Waals surface area contributed by atoms with Crippen LogP contribution in [0.2, 0.25) is 0 Å². The van der Waals surface area contributed by atoms with Gasteiger partial charge in [0.25, 0.3) is 0 Å². The van der Waals surface area contributed by atoms with Crippen molar-refractivity contribution in [2.75, 3.05) is 5.32 Å². The van der Waals surface area contributed by atoms with Gasteiger partial charge in [-0.25, -0.2) is 10.2 Å². The second kappa shape index (κ2) is 6.25. The summed E-state index contributed by atoms with van der Waals surface area (Å²) >= 11 is 0. The van der Waals surface area contributed by atoms with Crippen molar-refractivity contribution in [3.05, 3.63) is 30.3 Å². The van der Waals surface area contributed by atoms with Gasteiger partial charge in [-0.05, 0) is 25.0 Å². The quantitative estimate of drug-likeness (QED) is 0.703. The highest BCUT2D eigenvalue weighted by molar-refractivity contribution is 5.88. The van der Waals surface area contributed by atoms with E-state index in [2.05, 4.69) is 16.2 Å². The van der Waals surface area contributed by atoms with E-state index >= 15 is 0 Å². The molecule has 3 N–H and O–H groups in total. The van der Waals surface area contributed by atoms with Crippen LogP contribution in [0.3, 0.4) is 0 Å². The van der Waals surface area contributed by atoms with Gasteiger partial charge >= 0.3 is 6.03 Å². The van der Waals surface area contributed by atoms with Gasteiger partial charge in [-0.2, -0.15) is 0 Å². The minimum atomic E-state index is -0.207. The lowest BCUT2D eigenvalue weighted by atomic mass is 9.96. The first-order valence-corrected chi connectivity index (χ1v) is 6.22. The minimum Gasteiger partial charge on any atom is -0.307 e. The third kappa shape index (κ3) is 4.07. The maximum Gasteiger partial charge on any atom is 0.333 e. The van der Waals surface area contributed by atoms with E-state index in [1.165, 1.54) is 19.3 Å². The van der Waals surface area contributed by atoms with Crippen molar-refractivity contribution in [2.24, 2.45) is 0 Å². The summed E-state index contributed by atoms with van der Waals surface area (Å²) in [6.07, 6.45) is 6.10. The van der Waals surface area contributed by atoms with Crippen molar-refractivity contribution in [3.8, 4) is 0 Å². The number of hydrogen-bond acceptors (Lipinski definition) is 2. The van der Waals surface area contributed by atoms with Crippen molar-refractivity contribution in [3.63, 3.8) is 0 Å². The van der Waals surface area contributed by atoms with Crippen molar-refractivity contribution in [1.29, 1.82) is 0 Å². The average molecular weight is 233 g/mol. The monoisotopic (exact) mass is 233 g/mol. The van der Waals surface area contributed by atoms with Crippen LogP contribution in [0.5, 0.6) is 0 Å². The molecule has 0 aromatic heterocycles. The standard InChI is InChI=1S/C13H19N3O/c17-13(14-11-7-3-1-4-8-11)16-15-12-9-5-2-6-10-12/h1,3-4,7-8,12,15H,2,5-6,9-10H2,(H2,14,16,17). The zero-order chi connectivity index (χ0) is 11.9. The first-order chi connectivity index (χ1) is 8.34. The van der Waals surface area contributed by atoms with E-state index in [0.717, 1.165) is 18.5 Å². The summed E-state index contributed by atoms with van der Waals surface area (Å²) in [7, 11) is 0. The average Bonchev–Trinajstić information content (AvgIpc) is 2.39. The maximum atomic E-state index is 11.6. The van der Waals surface area contributed by atoms with Crippen molar-refractivity contribution in [1.82, 2.24) is 10.9 Å². The van der Waals surface area contributed by atoms with Crippen LogP contribution in [0, 0.1) is 0 Å². The third-order valence-electron chi connectivity index (χ3n) is 3.03. The molecule has 0 saturated heterocycles. The molecular weight excluding hydrogens is 214 g/mol. The van der Waals surface area contributed by atoms with Gasteiger partial charge in [-0.15, -0.1) is 0 Å². The van der Waals surface area contributed by atoms with Crippen LogP contribution < -0.4 is 16.2 Å². The molecule has 2 amide bonds. The molecule has 1 aliphatic carbocycles. The van der Waals surface area contributed by atoms with E-state index in [9.17, 15) is 4.79 Å². The Bertz CT molecular complexity index is 347. The second-order valence-electron chi connectivity index (χ2n) is 4.42. The van der Waals surface area contributed by atoms with Crippen LogP contribution in [0.4, 0.5) is 10.5 Å². The van der Waals surface area contributed by atoms with E-state index in [0.29, 0.717) is 6.04 Å². The van der Waals surface area contributed by atoms with Gasteiger partial charge in [0.2, 0.25) is 0 Å². The van der Waals surface area contributed by atoms with Crippen LogP contribution in [0.25, 0.3) is 0 Å². The topological polar surface area (TPSA) is 53.2 Å². The number of para-hydroxylation sites is 1. The van der Waals surface area contributed by atoms with Crippen LogP contribution in [0.15, 0.2) is 30.3 Å².